The molecule has 4 rings (SSSR count). The molecule has 3 fully saturated rings. The van der Waals surface area contributed by atoms with Crippen LogP contribution in [0.5, 0.6) is 0 Å². The van der Waals surface area contributed by atoms with Crippen molar-refractivity contribution in [3.05, 3.63) is 23.3 Å². The van der Waals surface area contributed by atoms with Crippen molar-refractivity contribution in [3.8, 4) is 0 Å². The molecule has 336 valence electrons. The molecule has 0 aromatic carbocycles. The Balaban J connectivity index is 1.80. The zero-order valence-electron chi connectivity index (χ0n) is 36.3. The first kappa shape index (κ1) is 49.1. The Morgan fingerprint density at radius 2 is 1.58 bits per heavy atom. The first-order chi connectivity index (χ1) is 27.9. The van der Waals surface area contributed by atoms with Crippen molar-refractivity contribution in [2.45, 2.75) is 166 Å². The monoisotopic (exact) mass is 837 g/mol. The molecule has 2 saturated heterocycles. The number of carbonyl (C=O) groups excluding carboxylic acids is 4. The predicted molar refractivity (Wildman–Crippen MR) is 215 cm³/mol. The number of ether oxygens (including phenoxy) is 5. The number of hydrogen-bond donors (Lipinski definition) is 5. The number of nitrogens with zero attached hydrogens (tertiary/aromatic N) is 1. The molecule has 15 nitrogen and oxygen atoms in total. The van der Waals surface area contributed by atoms with E-state index in [2.05, 4.69) is 0 Å². The second kappa shape index (κ2) is 22.0. The van der Waals surface area contributed by atoms with Gasteiger partial charge in [0.2, 0.25) is 5.79 Å². The van der Waals surface area contributed by atoms with Crippen LogP contribution in [-0.4, -0.2) is 149 Å². The molecule has 1 amide bonds. The lowest BCUT2D eigenvalue weighted by Gasteiger charge is -2.47. The highest BCUT2D eigenvalue weighted by molar-refractivity contribution is 6.39. The van der Waals surface area contributed by atoms with Crippen LogP contribution in [0.15, 0.2) is 23.3 Å². The number of methoxy groups -OCH3 is 3. The minimum Gasteiger partial charge on any atom is -0.456 e. The van der Waals surface area contributed by atoms with Gasteiger partial charge < -0.3 is 54.1 Å². The normalized spacial score (nSPS) is 40.6. The van der Waals surface area contributed by atoms with Crippen molar-refractivity contribution in [1.29, 1.82) is 0 Å². The van der Waals surface area contributed by atoms with E-state index in [1.54, 1.807) is 26.8 Å². The Hall–Kier alpha value is -2.60. The largest absolute Gasteiger partial charge is 0.456 e. The second-order valence-corrected chi connectivity index (χ2v) is 17.8. The van der Waals surface area contributed by atoms with Gasteiger partial charge in [0.15, 0.2) is 5.78 Å². The molecule has 15 heteroatoms. The van der Waals surface area contributed by atoms with Crippen LogP contribution >= 0.6 is 0 Å². The minimum absolute atomic E-state index is 0.0547. The molecule has 1 saturated carbocycles. The molecule has 15 atom stereocenters. The van der Waals surface area contributed by atoms with Crippen LogP contribution in [-0.2, 0) is 42.9 Å². The molecular formula is C44H71NO14. The van der Waals surface area contributed by atoms with Crippen LogP contribution in [0.4, 0.5) is 0 Å². The number of piperidine rings is 1. The average molecular weight is 838 g/mol. The first-order valence-corrected chi connectivity index (χ1v) is 21.5. The van der Waals surface area contributed by atoms with Crippen LogP contribution in [0.1, 0.15) is 105 Å². The van der Waals surface area contributed by atoms with E-state index in [0.29, 0.717) is 50.5 Å². The summed E-state index contributed by atoms with van der Waals surface area (Å²) in [5.74, 6) is -8.08. The Bertz CT molecular complexity index is 1500. The first-order valence-electron chi connectivity index (χ1n) is 21.5. The third-order valence-electron chi connectivity index (χ3n) is 13.2. The molecule has 0 spiro atoms. The van der Waals surface area contributed by atoms with E-state index in [0.717, 1.165) is 4.90 Å². The van der Waals surface area contributed by atoms with Gasteiger partial charge in [0, 0.05) is 52.6 Å². The molecule has 4 aliphatic rings. The predicted octanol–water partition coefficient (Wildman–Crippen LogP) is 2.81. The quantitative estimate of drug-likeness (QED) is 0.135. The van der Waals surface area contributed by atoms with Crippen LogP contribution in [0.3, 0.4) is 0 Å². The van der Waals surface area contributed by atoms with Gasteiger partial charge in [-0.1, -0.05) is 39.8 Å². The summed E-state index contributed by atoms with van der Waals surface area (Å²) in [5.41, 5.74) is 0.846. The van der Waals surface area contributed by atoms with Crippen molar-refractivity contribution in [2.75, 3.05) is 34.5 Å². The summed E-state index contributed by atoms with van der Waals surface area (Å²) in [4.78, 5) is 57.9. The van der Waals surface area contributed by atoms with Crippen LogP contribution < -0.4 is 0 Å². The Morgan fingerprint density at radius 1 is 0.915 bits per heavy atom. The van der Waals surface area contributed by atoms with Crippen molar-refractivity contribution >= 4 is 23.4 Å². The number of rotatable bonds is 8. The smallest absolute Gasteiger partial charge is 0.329 e. The Morgan fingerprint density at radius 3 is 2.22 bits per heavy atom. The minimum atomic E-state index is -2.55. The number of aliphatic hydroxyl groups is 5. The van der Waals surface area contributed by atoms with Gasteiger partial charge >= 0.3 is 5.97 Å². The lowest BCUT2D eigenvalue weighted by molar-refractivity contribution is -0.302. The number of aliphatic hydroxyl groups excluding tert-OH is 4. The van der Waals surface area contributed by atoms with Gasteiger partial charge in [-0.15, -0.1) is 0 Å². The summed E-state index contributed by atoms with van der Waals surface area (Å²) in [7, 11) is 4.53. The van der Waals surface area contributed by atoms with E-state index in [1.807, 2.05) is 19.9 Å². The molecule has 3 aliphatic heterocycles. The van der Waals surface area contributed by atoms with Crippen LogP contribution in [0.2, 0.25) is 0 Å². The van der Waals surface area contributed by atoms with Gasteiger partial charge in [0.1, 0.15) is 18.2 Å². The highest BCUT2D eigenvalue weighted by Crippen LogP contribution is 2.39. The van der Waals surface area contributed by atoms with Crippen molar-refractivity contribution in [3.63, 3.8) is 0 Å². The van der Waals surface area contributed by atoms with E-state index in [-0.39, 0.29) is 55.6 Å². The SMILES string of the molecule is COC1CC(C=C(C)C2OC(=O)C3CCCCN3C(=O)C(=O)C3(O)OC(C(OC)CC(C)CC(C)/C=C(\CC(O)CO)C(=O)CC(O)C2C)C(OC)CC3C)CCC1O. The number of fused-ring (bicyclic) bond motifs is 3. The van der Waals surface area contributed by atoms with E-state index in [4.69, 9.17) is 23.7 Å². The number of Topliss-reactive ketones (excluding diaryl/α,β-unsaturated/α-hetero) is 2. The van der Waals surface area contributed by atoms with E-state index >= 15 is 0 Å². The molecule has 2 bridgehead atoms. The fourth-order valence-electron chi connectivity index (χ4n) is 9.61. The number of cyclic esters (lactones) is 1. The van der Waals surface area contributed by atoms with Crippen molar-refractivity contribution in [2.24, 2.45) is 29.6 Å². The third kappa shape index (κ3) is 12.1. The van der Waals surface area contributed by atoms with E-state index < -0.39 is 103 Å². The highest BCUT2D eigenvalue weighted by atomic mass is 16.7. The maximum atomic E-state index is 14.3. The zero-order chi connectivity index (χ0) is 43.8. The molecule has 1 aliphatic carbocycles. The van der Waals surface area contributed by atoms with Crippen LogP contribution in [0, 0.1) is 29.6 Å². The topological polar surface area (TPSA) is 219 Å². The zero-order valence-corrected chi connectivity index (χ0v) is 36.3. The summed E-state index contributed by atoms with van der Waals surface area (Å²) in [6, 6.07) is -1.19. The molecule has 15 unspecified atom stereocenters. The molecule has 0 aromatic rings. The fourth-order valence-corrected chi connectivity index (χ4v) is 9.61. The number of hydrogen-bond acceptors (Lipinski definition) is 14. The molecule has 0 aromatic heterocycles. The number of esters is 1. The third-order valence-corrected chi connectivity index (χ3v) is 13.2. The van der Waals surface area contributed by atoms with Crippen molar-refractivity contribution in [1.82, 2.24) is 4.90 Å². The summed E-state index contributed by atoms with van der Waals surface area (Å²) < 4.78 is 29.7. The Kier molecular flexibility index (Phi) is 18.3. The molecule has 0 radical (unpaired) electrons. The van der Waals surface area contributed by atoms with Gasteiger partial charge in [-0.25, -0.2) is 4.79 Å². The number of allylic oxidation sites excluding steroid dienone is 2. The van der Waals surface area contributed by atoms with Gasteiger partial charge in [-0.05, 0) is 93.6 Å². The summed E-state index contributed by atoms with van der Waals surface area (Å²) >= 11 is 0. The van der Waals surface area contributed by atoms with E-state index in [9.17, 15) is 44.7 Å². The summed E-state index contributed by atoms with van der Waals surface area (Å²) in [6.07, 6.45) is 0.374. The molecule has 3 heterocycles. The average Bonchev–Trinajstić information content (AvgIpc) is 3.21. The lowest BCUT2D eigenvalue weighted by atomic mass is 9.81. The highest BCUT2D eigenvalue weighted by Gasteiger charge is 2.56. The summed E-state index contributed by atoms with van der Waals surface area (Å²) in [5, 5.41) is 54.4. The molecule has 5 N–H and O–H groups in total. The maximum absolute atomic E-state index is 14.3. The lowest BCUT2D eigenvalue weighted by Crippen LogP contribution is -2.64. The number of amides is 1. The molecule has 59 heavy (non-hydrogen) atoms. The molecular weight excluding hydrogens is 766 g/mol. The van der Waals surface area contributed by atoms with Gasteiger partial charge in [-0.3, -0.25) is 14.4 Å². The number of ketones is 2. The standard InChI is InChI=1S/C44H71NO14/c1-24-15-25(2)17-37(56-7)40-38(57-8)19-27(4)44(54,59-40)41(51)42(52)45-14-10-9-11-32(45)43(53)58-39(26(3)18-29-12-13-33(48)36(20-29)55-6)28(5)34(49)22-35(50)30(16-24)21-31(47)23-46/h16,18,24-25,27-29,31-34,36-40,46-49,54H,9-15,17,19-23H2,1-8H3/b26-18?,30-16+. The summed E-state index contributed by atoms with van der Waals surface area (Å²) in [6.45, 7) is 8.44. The fraction of sp³-hybridized carbons (Fsp3) is 0.818. The second-order valence-electron chi connectivity index (χ2n) is 17.8. The van der Waals surface area contributed by atoms with Gasteiger partial charge in [0.05, 0.1) is 43.2 Å². The number of carbonyl (C=O) groups is 4. The van der Waals surface area contributed by atoms with Gasteiger partial charge in [0.25, 0.3) is 11.7 Å². The maximum Gasteiger partial charge on any atom is 0.329 e. The van der Waals surface area contributed by atoms with Crippen LogP contribution in [0.25, 0.3) is 0 Å². The van der Waals surface area contributed by atoms with Gasteiger partial charge in [-0.2, -0.15) is 0 Å². The van der Waals surface area contributed by atoms with E-state index in [1.165, 1.54) is 21.3 Å². The Labute approximate surface area is 349 Å². The van der Waals surface area contributed by atoms with Crippen molar-refractivity contribution < 1.29 is 68.4 Å².